The Balaban J connectivity index is 0. The molecule has 1 heterocycles. The van der Waals surface area contributed by atoms with E-state index in [1.807, 2.05) is 27.7 Å². The van der Waals surface area contributed by atoms with Crippen LogP contribution in [0.2, 0.25) is 0 Å². The molecule has 1 atom stereocenters. The van der Waals surface area contributed by atoms with E-state index in [0.29, 0.717) is 5.84 Å². The number of carbonyl (C=O) groups excluding carboxylic acids is 2. The van der Waals surface area contributed by atoms with Crippen molar-refractivity contribution in [2.45, 2.75) is 47.1 Å². The van der Waals surface area contributed by atoms with E-state index < -0.39 is 11.9 Å². The first-order chi connectivity index (χ1) is 7.52. The summed E-state index contributed by atoms with van der Waals surface area (Å²) in [5, 5.41) is 0. The van der Waals surface area contributed by atoms with Gasteiger partial charge in [-0.3, -0.25) is 14.6 Å². The van der Waals surface area contributed by atoms with Gasteiger partial charge in [-0.05, 0) is 6.92 Å². The van der Waals surface area contributed by atoms with Crippen LogP contribution in [0.15, 0.2) is 4.99 Å². The largest absolute Gasteiger partial charge is 0.370 e. The molecule has 0 radical (unpaired) electrons. The van der Waals surface area contributed by atoms with Gasteiger partial charge < -0.3 is 10.6 Å². The van der Waals surface area contributed by atoms with E-state index in [0.717, 1.165) is 0 Å². The number of aliphatic imine (C=N–C) groups is 1. The third-order valence-corrected chi connectivity index (χ3v) is 1.84. The Morgan fingerprint density at radius 1 is 1.38 bits per heavy atom. The van der Waals surface area contributed by atoms with E-state index in [2.05, 4.69) is 4.99 Å². The van der Waals surface area contributed by atoms with Gasteiger partial charge >= 0.3 is 0 Å². The van der Waals surface area contributed by atoms with Gasteiger partial charge in [0.2, 0.25) is 5.91 Å². The van der Waals surface area contributed by atoms with E-state index >= 15 is 0 Å². The van der Waals surface area contributed by atoms with Crippen molar-refractivity contribution in [2.24, 2.45) is 10.7 Å². The van der Waals surface area contributed by atoms with Crippen molar-refractivity contribution in [1.29, 1.82) is 0 Å². The average molecular weight is 229 g/mol. The zero-order valence-corrected chi connectivity index (χ0v) is 11.1. The fourth-order valence-corrected chi connectivity index (χ4v) is 1.07. The van der Waals surface area contributed by atoms with Crippen LogP contribution in [0.4, 0.5) is 0 Å². The number of hydrogen-bond acceptors (Lipinski definition) is 3. The highest BCUT2D eigenvalue weighted by atomic mass is 16.2. The summed E-state index contributed by atoms with van der Waals surface area (Å²) in [5.74, 6) is -0.0299. The predicted octanol–water partition coefficient (Wildman–Crippen LogP) is 1.17. The zero-order valence-electron chi connectivity index (χ0n) is 11.1. The molecule has 0 saturated heterocycles. The van der Waals surface area contributed by atoms with Gasteiger partial charge in [0.15, 0.2) is 0 Å². The maximum Gasteiger partial charge on any atom is 0.253 e. The molecule has 0 aliphatic carbocycles. The number of rotatable bonds is 2. The van der Waals surface area contributed by atoms with Crippen LogP contribution in [0.1, 0.15) is 41.0 Å². The molecule has 0 aromatic heterocycles. The molecule has 1 aliphatic heterocycles. The minimum Gasteiger partial charge on any atom is -0.370 e. The molecule has 1 unspecified atom stereocenters. The SMILES string of the molecule is CC.CC.CC1=NC(CC(N)=O)C(=O)N1C. The maximum absolute atomic E-state index is 11.3. The van der Waals surface area contributed by atoms with Crippen molar-refractivity contribution >= 4 is 17.6 Å². The molecule has 2 amide bonds. The second-order valence-electron chi connectivity index (χ2n) is 2.76. The predicted molar refractivity (Wildman–Crippen MR) is 66.2 cm³/mol. The van der Waals surface area contributed by atoms with Crippen molar-refractivity contribution in [3.8, 4) is 0 Å². The molecule has 0 aromatic rings. The van der Waals surface area contributed by atoms with Crippen molar-refractivity contribution in [1.82, 2.24) is 4.90 Å². The van der Waals surface area contributed by atoms with Crippen LogP contribution in [-0.4, -0.2) is 35.6 Å². The third kappa shape index (κ3) is 4.91. The highest BCUT2D eigenvalue weighted by Crippen LogP contribution is 2.11. The molecular weight excluding hydrogens is 206 g/mol. The van der Waals surface area contributed by atoms with Crippen LogP contribution in [0, 0.1) is 0 Å². The van der Waals surface area contributed by atoms with Crippen LogP contribution in [-0.2, 0) is 9.59 Å². The van der Waals surface area contributed by atoms with E-state index in [-0.39, 0.29) is 12.3 Å². The highest BCUT2D eigenvalue weighted by Gasteiger charge is 2.30. The number of nitrogens with zero attached hydrogens (tertiary/aromatic N) is 2. The van der Waals surface area contributed by atoms with Gasteiger partial charge in [-0.25, -0.2) is 0 Å². The van der Waals surface area contributed by atoms with Crippen LogP contribution in [0.5, 0.6) is 0 Å². The lowest BCUT2D eigenvalue weighted by Crippen LogP contribution is -2.32. The standard InChI is InChI=1S/C7H11N3O2.2C2H6/c1-4-9-5(3-6(8)11)7(12)10(4)2;2*1-2/h5H,3H2,1-2H3,(H2,8,11);2*1-2H3. The molecule has 5 heteroatoms. The number of primary amides is 1. The zero-order chi connectivity index (χ0) is 13.3. The Hall–Kier alpha value is -1.39. The van der Waals surface area contributed by atoms with E-state index in [1.165, 1.54) is 4.90 Å². The first-order valence-corrected chi connectivity index (χ1v) is 5.62. The van der Waals surface area contributed by atoms with Crippen molar-refractivity contribution in [3.05, 3.63) is 0 Å². The maximum atomic E-state index is 11.3. The lowest BCUT2D eigenvalue weighted by atomic mass is 10.2. The van der Waals surface area contributed by atoms with Gasteiger partial charge in [0.05, 0.1) is 6.42 Å². The van der Waals surface area contributed by atoms with Crippen molar-refractivity contribution < 1.29 is 9.59 Å². The molecular formula is C11H23N3O2. The summed E-state index contributed by atoms with van der Waals surface area (Å²) in [7, 11) is 1.63. The second-order valence-corrected chi connectivity index (χ2v) is 2.76. The smallest absolute Gasteiger partial charge is 0.253 e. The Kier molecular flexibility index (Phi) is 9.45. The van der Waals surface area contributed by atoms with Gasteiger partial charge in [0, 0.05) is 7.05 Å². The fraction of sp³-hybridized carbons (Fsp3) is 0.727. The van der Waals surface area contributed by atoms with Crippen LogP contribution in [0.25, 0.3) is 0 Å². The Bertz CT molecular complexity index is 262. The minimum absolute atomic E-state index is 0.000509. The molecule has 0 fully saturated rings. The van der Waals surface area contributed by atoms with Crippen LogP contribution >= 0.6 is 0 Å². The van der Waals surface area contributed by atoms with Gasteiger partial charge in [-0.1, -0.05) is 27.7 Å². The highest BCUT2D eigenvalue weighted by molar-refractivity contribution is 6.05. The number of amidine groups is 1. The first kappa shape index (κ1) is 17.0. The monoisotopic (exact) mass is 229 g/mol. The number of likely N-dealkylation sites (N-methyl/N-ethyl adjacent to an activating group) is 1. The lowest BCUT2D eigenvalue weighted by Gasteiger charge is -2.08. The van der Waals surface area contributed by atoms with Crippen LogP contribution < -0.4 is 5.73 Å². The lowest BCUT2D eigenvalue weighted by molar-refractivity contribution is -0.129. The van der Waals surface area contributed by atoms with Gasteiger partial charge in [0.25, 0.3) is 5.91 Å². The molecule has 0 saturated carbocycles. The summed E-state index contributed by atoms with van der Waals surface area (Å²) >= 11 is 0. The molecule has 1 aliphatic rings. The quantitative estimate of drug-likeness (QED) is 0.771. The summed E-state index contributed by atoms with van der Waals surface area (Å²) in [4.78, 5) is 27.2. The number of hydrogen-bond donors (Lipinski definition) is 1. The van der Waals surface area contributed by atoms with E-state index in [1.54, 1.807) is 14.0 Å². The molecule has 16 heavy (non-hydrogen) atoms. The van der Waals surface area contributed by atoms with Gasteiger partial charge in [-0.15, -0.1) is 0 Å². The molecule has 0 spiro atoms. The summed E-state index contributed by atoms with van der Waals surface area (Å²) in [6, 6.07) is -0.590. The second kappa shape index (κ2) is 8.88. The molecule has 2 N–H and O–H groups in total. The normalized spacial score (nSPS) is 17.9. The van der Waals surface area contributed by atoms with E-state index in [4.69, 9.17) is 5.73 Å². The topological polar surface area (TPSA) is 75.8 Å². The summed E-state index contributed by atoms with van der Waals surface area (Å²) in [6.45, 7) is 9.72. The molecule has 0 bridgehead atoms. The summed E-state index contributed by atoms with van der Waals surface area (Å²) in [5.41, 5.74) is 4.95. The molecule has 5 nitrogen and oxygen atoms in total. The van der Waals surface area contributed by atoms with Crippen molar-refractivity contribution in [2.75, 3.05) is 7.05 Å². The Morgan fingerprint density at radius 2 is 1.81 bits per heavy atom. The van der Waals surface area contributed by atoms with Crippen molar-refractivity contribution in [3.63, 3.8) is 0 Å². The number of nitrogens with two attached hydrogens (primary N) is 1. The molecule has 1 rings (SSSR count). The number of carbonyl (C=O) groups is 2. The first-order valence-electron chi connectivity index (χ1n) is 5.62. The van der Waals surface area contributed by atoms with Crippen LogP contribution in [0.3, 0.4) is 0 Å². The molecule has 94 valence electrons. The third-order valence-electron chi connectivity index (χ3n) is 1.84. The van der Waals surface area contributed by atoms with Gasteiger partial charge in [0.1, 0.15) is 11.9 Å². The summed E-state index contributed by atoms with van der Waals surface area (Å²) < 4.78 is 0. The minimum atomic E-state index is -0.590. The average Bonchev–Trinajstić information content (AvgIpc) is 2.51. The Morgan fingerprint density at radius 3 is 2.06 bits per heavy atom. The van der Waals surface area contributed by atoms with Gasteiger partial charge in [-0.2, -0.15) is 0 Å². The summed E-state index contributed by atoms with van der Waals surface area (Å²) in [6.07, 6.45) is 0.000509. The molecule has 0 aromatic carbocycles. The fourth-order valence-electron chi connectivity index (χ4n) is 1.07. The Labute approximate surface area is 97.7 Å². The number of amides is 2. The van der Waals surface area contributed by atoms with E-state index in [9.17, 15) is 9.59 Å².